The molecule has 0 aliphatic heterocycles. The molecule has 0 aliphatic rings. The van der Waals surface area contributed by atoms with Crippen LogP contribution >= 0.6 is 15.9 Å². The molecule has 0 spiro atoms. The van der Waals surface area contributed by atoms with Crippen molar-refractivity contribution in [3.63, 3.8) is 0 Å². The highest BCUT2D eigenvalue weighted by atomic mass is 79.9. The quantitative estimate of drug-likeness (QED) is 0.596. The minimum Gasteiger partial charge on any atom is -0.467 e. The van der Waals surface area contributed by atoms with Gasteiger partial charge in [-0.1, -0.05) is 58.4 Å². The zero-order valence-electron chi connectivity index (χ0n) is 12.6. The minimum absolute atomic E-state index is 0.345. The fraction of sp³-hybridized carbons (Fsp3) is 0.222. The second-order valence-corrected chi connectivity index (χ2v) is 6.15. The van der Waals surface area contributed by atoms with Gasteiger partial charge in [-0.25, -0.2) is 4.79 Å². The van der Waals surface area contributed by atoms with Crippen molar-refractivity contribution in [1.29, 1.82) is 0 Å². The molecule has 114 valence electrons. The number of aliphatic imine (C=N–C) groups is 1. The van der Waals surface area contributed by atoms with Crippen molar-refractivity contribution in [2.45, 2.75) is 18.9 Å². The second kappa shape index (κ2) is 7.36. The van der Waals surface area contributed by atoms with Crippen LogP contribution in [0.4, 0.5) is 0 Å². The summed E-state index contributed by atoms with van der Waals surface area (Å²) in [4.78, 5) is 16.7. The number of halogens is 1. The van der Waals surface area contributed by atoms with E-state index in [9.17, 15) is 4.79 Å². The molecule has 4 heteroatoms. The van der Waals surface area contributed by atoms with Gasteiger partial charge in [0.05, 0.1) is 7.11 Å². The van der Waals surface area contributed by atoms with Crippen LogP contribution in [-0.2, 0) is 16.0 Å². The Bertz CT molecular complexity index is 653. The first-order valence-corrected chi connectivity index (χ1v) is 7.76. The lowest BCUT2D eigenvalue weighted by Gasteiger charge is -2.22. The summed E-state index contributed by atoms with van der Waals surface area (Å²) in [6, 6.07) is 17.6. The Kier molecular flexibility index (Phi) is 5.50. The van der Waals surface area contributed by atoms with Crippen LogP contribution in [0.1, 0.15) is 18.1 Å². The van der Waals surface area contributed by atoms with E-state index >= 15 is 0 Å². The van der Waals surface area contributed by atoms with Crippen molar-refractivity contribution in [3.8, 4) is 0 Å². The Balaban J connectivity index is 2.25. The van der Waals surface area contributed by atoms with Crippen LogP contribution in [0, 0.1) is 0 Å². The highest BCUT2D eigenvalue weighted by molar-refractivity contribution is 9.10. The van der Waals surface area contributed by atoms with Crippen LogP contribution in [0.5, 0.6) is 0 Å². The maximum atomic E-state index is 12.2. The van der Waals surface area contributed by atoms with E-state index in [0.29, 0.717) is 6.42 Å². The van der Waals surface area contributed by atoms with E-state index in [1.54, 1.807) is 13.1 Å². The van der Waals surface area contributed by atoms with Gasteiger partial charge in [-0.2, -0.15) is 0 Å². The molecule has 2 aromatic rings. The molecule has 2 rings (SSSR count). The molecule has 0 heterocycles. The SMILES string of the molecule is COC(=O)C(C)(Cc1ccc(Br)cc1)N=Cc1ccccc1. The standard InChI is InChI=1S/C18H18BrNO2/c1-18(17(21)22-2,12-14-8-10-16(19)11-9-14)20-13-15-6-4-3-5-7-15/h3-11,13H,12H2,1-2H3. The Morgan fingerprint density at radius 1 is 1.18 bits per heavy atom. The van der Waals surface area contributed by atoms with Gasteiger partial charge in [-0.15, -0.1) is 0 Å². The van der Waals surface area contributed by atoms with Crippen LogP contribution in [0.15, 0.2) is 64.1 Å². The molecule has 0 saturated heterocycles. The number of hydrogen-bond donors (Lipinski definition) is 0. The largest absolute Gasteiger partial charge is 0.467 e. The van der Waals surface area contributed by atoms with Crippen molar-refractivity contribution < 1.29 is 9.53 Å². The van der Waals surface area contributed by atoms with Gasteiger partial charge in [0.25, 0.3) is 0 Å². The summed E-state index contributed by atoms with van der Waals surface area (Å²) in [7, 11) is 1.39. The number of benzene rings is 2. The second-order valence-electron chi connectivity index (χ2n) is 5.24. The summed E-state index contributed by atoms with van der Waals surface area (Å²) < 4.78 is 5.94. The molecule has 3 nitrogen and oxygen atoms in total. The van der Waals surface area contributed by atoms with Crippen LogP contribution in [-0.4, -0.2) is 24.8 Å². The molecule has 0 amide bonds. The van der Waals surface area contributed by atoms with E-state index < -0.39 is 5.54 Å². The summed E-state index contributed by atoms with van der Waals surface area (Å²) >= 11 is 3.41. The smallest absolute Gasteiger partial charge is 0.333 e. The zero-order valence-corrected chi connectivity index (χ0v) is 14.2. The Hall–Kier alpha value is -1.94. The van der Waals surface area contributed by atoms with Crippen LogP contribution in [0.2, 0.25) is 0 Å². The number of nitrogens with zero attached hydrogens (tertiary/aromatic N) is 1. The number of methoxy groups -OCH3 is 1. The van der Waals surface area contributed by atoms with Gasteiger partial charge in [0, 0.05) is 17.1 Å². The molecule has 0 saturated carbocycles. The molecule has 0 aliphatic carbocycles. The molecule has 0 radical (unpaired) electrons. The Labute approximate surface area is 139 Å². The van der Waals surface area contributed by atoms with Gasteiger partial charge >= 0.3 is 5.97 Å². The maximum Gasteiger partial charge on any atom is 0.333 e. The average molecular weight is 360 g/mol. The predicted octanol–water partition coefficient (Wildman–Crippen LogP) is 4.04. The van der Waals surface area contributed by atoms with Gasteiger partial charge in [0.1, 0.15) is 0 Å². The topological polar surface area (TPSA) is 38.7 Å². The van der Waals surface area contributed by atoms with Crippen molar-refractivity contribution >= 4 is 28.1 Å². The molecule has 0 fully saturated rings. The minimum atomic E-state index is -0.946. The molecular formula is C18H18BrNO2. The summed E-state index contributed by atoms with van der Waals surface area (Å²) in [6.07, 6.45) is 2.20. The van der Waals surface area contributed by atoms with E-state index in [4.69, 9.17) is 4.74 Å². The summed E-state index contributed by atoms with van der Waals surface area (Å²) in [5, 5.41) is 0. The summed E-state index contributed by atoms with van der Waals surface area (Å²) in [5.41, 5.74) is 1.04. The molecule has 0 aromatic heterocycles. The monoisotopic (exact) mass is 359 g/mol. The lowest BCUT2D eigenvalue weighted by Crippen LogP contribution is -2.37. The first-order valence-electron chi connectivity index (χ1n) is 6.97. The fourth-order valence-electron chi connectivity index (χ4n) is 2.15. The molecular weight excluding hydrogens is 342 g/mol. The number of ether oxygens (including phenoxy) is 1. The summed E-state index contributed by atoms with van der Waals surface area (Å²) in [5.74, 6) is -0.345. The molecule has 22 heavy (non-hydrogen) atoms. The van der Waals surface area contributed by atoms with Gasteiger partial charge in [0.2, 0.25) is 0 Å². The molecule has 1 atom stereocenters. The first-order chi connectivity index (χ1) is 10.5. The average Bonchev–Trinajstić information content (AvgIpc) is 2.55. The predicted molar refractivity (Wildman–Crippen MR) is 92.3 cm³/mol. The maximum absolute atomic E-state index is 12.2. The van der Waals surface area contributed by atoms with Gasteiger partial charge in [-0.3, -0.25) is 4.99 Å². The number of esters is 1. The van der Waals surface area contributed by atoms with E-state index in [1.165, 1.54) is 7.11 Å². The third-order valence-electron chi connectivity index (χ3n) is 3.38. The van der Waals surface area contributed by atoms with E-state index in [0.717, 1.165) is 15.6 Å². The third kappa shape index (κ3) is 4.28. The highest BCUT2D eigenvalue weighted by Crippen LogP contribution is 2.21. The highest BCUT2D eigenvalue weighted by Gasteiger charge is 2.33. The normalized spacial score (nSPS) is 13.8. The van der Waals surface area contributed by atoms with Gasteiger partial charge in [-0.05, 0) is 30.2 Å². The molecule has 2 aromatic carbocycles. The number of hydrogen-bond acceptors (Lipinski definition) is 3. The third-order valence-corrected chi connectivity index (χ3v) is 3.91. The van der Waals surface area contributed by atoms with E-state index in [1.807, 2.05) is 54.6 Å². The molecule has 1 unspecified atom stereocenters. The van der Waals surface area contributed by atoms with Crippen molar-refractivity contribution in [3.05, 3.63) is 70.2 Å². The van der Waals surface area contributed by atoms with Gasteiger partial charge < -0.3 is 4.74 Å². The first kappa shape index (κ1) is 16.4. The lowest BCUT2D eigenvalue weighted by atomic mass is 9.93. The van der Waals surface area contributed by atoms with Crippen LogP contribution in [0.3, 0.4) is 0 Å². The molecule has 0 bridgehead atoms. The number of carbonyl (C=O) groups is 1. The fourth-order valence-corrected chi connectivity index (χ4v) is 2.41. The number of carbonyl (C=O) groups excluding carboxylic acids is 1. The van der Waals surface area contributed by atoms with Crippen molar-refractivity contribution in [2.24, 2.45) is 4.99 Å². The van der Waals surface area contributed by atoms with E-state index in [2.05, 4.69) is 20.9 Å². The van der Waals surface area contributed by atoms with Crippen molar-refractivity contribution in [1.82, 2.24) is 0 Å². The van der Waals surface area contributed by atoms with Crippen molar-refractivity contribution in [2.75, 3.05) is 7.11 Å². The van der Waals surface area contributed by atoms with E-state index in [-0.39, 0.29) is 5.97 Å². The Morgan fingerprint density at radius 3 is 2.41 bits per heavy atom. The number of rotatable bonds is 5. The zero-order chi connectivity index (χ0) is 16.0. The molecule has 0 N–H and O–H groups in total. The van der Waals surface area contributed by atoms with Crippen LogP contribution < -0.4 is 0 Å². The van der Waals surface area contributed by atoms with Gasteiger partial charge in [0.15, 0.2) is 5.54 Å². The van der Waals surface area contributed by atoms with Crippen LogP contribution in [0.25, 0.3) is 0 Å². The summed E-state index contributed by atoms with van der Waals surface area (Å²) in [6.45, 7) is 1.79. The lowest BCUT2D eigenvalue weighted by molar-refractivity contribution is -0.146. The Morgan fingerprint density at radius 2 is 1.82 bits per heavy atom.